The maximum atomic E-state index is 12.9. The zero-order chi connectivity index (χ0) is 22.9. The molecule has 3 N–H and O–H groups in total. The first-order chi connectivity index (χ1) is 16.1. The summed E-state index contributed by atoms with van der Waals surface area (Å²) >= 11 is 0. The summed E-state index contributed by atoms with van der Waals surface area (Å²) in [6.07, 6.45) is 0.255. The highest BCUT2D eigenvalue weighted by molar-refractivity contribution is 5.77. The van der Waals surface area contributed by atoms with Crippen molar-refractivity contribution in [2.45, 2.75) is 39.5 Å². The van der Waals surface area contributed by atoms with Gasteiger partial charge in [0.2, 0.25) is 0 Å². The molecule has 1 unspecified atom stereocenters. The van der Waals surface area contributed by atoms with Crippen LogP contribution in [0.5, 0.6) is 5.75 Å². The van der Waals surface area contributed by atoms with Crippen molar-refractivity contribution in [1.82, 2.24) is 19.5 Å². The molecule has 0 amide bonds. The number of aromatic nitrogens is 4. The number of anilines is 2. The van der Waals surface area contributed by atoms with Crippen LogP contribution in [0.4, 0.5) is 11.5 Å². The molecule has 1 atom stereocenters. The smallest absolute Gasteiger partial charge is 0.330 e. The highest BCUT2D eigenvalue weighted by Gasteiger charge is 2.34. The molecule has 33 heavy (non-hydrogen) atoms. The van der Waals surface area contributed by atoms with Gasteiger partial charge in [0.25, 0.3) is 5.56 Å². The normalized spacial score (nSPS) is 15.0. The summed E-state index contributed by atoms with van der Waals surface area (Å²) in [5, 5.41) is 3.41. The van der Waals surface area contributed by atoms with Gasteiger partial charge in [0.1, 0.15) is 29.2 Å². The Morgan fingerprint density at radius 2 is 1.88 bits per heavy atom. The van der Waals surface area contributed by atoms with Crippen LogP contribution in [-0.4, -0.2) is 32.3 Å². The summed E-state index contributed by atoms with van der Waals surface area (Å²) in [5.41, 5.74) is 2.47. The third kappa shape index (κ3) is 3.86. The van der Waals surface area contributed by atoms with Crippen LogP contribution < -0.4 is 26.2 Å². The molecule has 5 rings (SSSR count). The third-order valence-corrected chi connectivity index (χ3v) is 5.85. The van der Waals surface area contributed by atoms with Gasteiger partial charge in [0.15, 0.2) is 0 Å². The van der Waals surface area contributed by atoms with E-state index in [9.17, 15) is 9.59 Å². The number of fused-ring (bicyclic) bond motifs is 2. The van der Waals surface area contributed by atoms with Crippen LogP contribution in [0.15, 0.2) is 58.1 Å². The van der Waals surface area contributed by atoms with E-state index >= 15 is 0 Å². The van der Waals surface area contributed by atoms with Crippen molar-refractivity contribution in [3.8, 4) is 5.75 Å². The molecule has 170 valence electrons. The number of hydrogen-bond acceptors (Lipinski definition) is 6. The molecule has 4 aromatic rings. The lowest BCUT2D eigenvalue weighted by Crippen LogP contribution is -2.39. The van der Waals surface area contributed by atoms with Crippen LogP contribution in [0.3, 0.4) is 0 Å². The van der Waals surface area contributed by atoms with E-state index in [4.69, 9.17) is 9.72 Å². The average Bonchev–Trinajstić information content (AvgIpc) is 3.36. The van der Waals surface area contributed by atoms with Crippen molar-refractivity contribution in [3.63, 3.8) is 0 Å². The highest BCUT2D eigenvalue weighted by atomic mass is 16.5. The van der Waals surface area contributed by atoms with Gasteiger partial charge >= 0.3 is 5.69 Å². The Bertz CT molecular complexity index is 1410. The minimum absolute atomic E-state index is 0.257. The lowest BCUT2D eigenvalue weighted by atomic mass is 10.2. The maximum absolute atomic E-state index is 12.9. The Hall–Kier alpha value is -4.01. The van der Waals surface area contributed by atoms with Crippen LogP contribution in [-0.2, 0) is 19.5 Å². The molecule has 9 nitrogen and oxygen atoms in total. The predicted molar refractivity (Wildman–Crippen MR) is 128 cm³/mol. The van der Waals surface area contributed by atoms with E-state index in [-0.39, 0.29) is 6.17 Å². The van der Waals surface area contributed by atoms with Crippen LogP contribution >= 0.6 is 0 Å². The standard InChI is InChI=1S/C24H26N6O3/c1-3-29-22-21(23(31)28-24(29)32)30(14-15-8-6-5-7-9-15)20(27-22)13-19-25-17-11-10-16(33-4-2)12-18(17)26-19/h5-12,20,27H,3-4,13-14H2,1-2H3,(H,25,26)(H,28,31,32). The van der Waals surface area contributed by atoms with Gasteiger partial charge in [-0.1, -0.05) is 30.3 Å². The van der Waals surface area contributed by atoms with Crippen LogP contribution in [0, 0.1) is 0 Å². The number of nitrogens with zero attached hydrogens (tertiary/aromatic N) is 3. The van der Waals surface area contributed by atoms with Gasteiger partial charge in [0.05, 0.1) is 17.6 Å². The van der Waals surface area contributed by atoms with Gasteiger partial charge in [-0.3, -0.25) is 14.3 Å². The van der Waals surface area contributed by atoms with Crippen LogP contribution in [0.1, 0.15) is 25.2 Å². The molecule has 0 fully saturated rings. The van der Waals surface area contributed by atoms with E-state index in [0.29, 0.717) is 37.6 Å². The fraction of sp³-hybridized carbons (Fsp3) is 0.292. The largest absolute Gasteiger partial charge is 0.494 e. The molecule has 0 aliphatic carbocycles. The predicted octanol–water partition coefficient (Wildman–Crippen LogP) is 2.83. The van der Waals surface area contributed by atoms with Crippen molar-refractivity contribution < 1.29 is 4.74 Å². The number of H-pyrrole nitrogens is 2. The fourth-order valence-electron chi connectivity index (χ4n) is 4.38. The molecule has 0 bridgehead atoms. The second-order valence-corrected chi connectivity index (χ2v) is 7.97. The first-order valence-electron chi connectivity index (χ1n) is 11.1. The number of hydrogen-bond donors (Lipinski definition) is 3. The Balaban J connectivity index is 1.52. The van der Waals surface area contributed by atoms with E-state index in [1.54, 1.807) is 4.57 Å². The topological polar surface area (TPSA) is 108 Å². The average molecular weight is 447 g/mol. The number of ether oxygens (including phenoxy) is 1. The minimum atomic E-state index is -0.416. The van der Waals surface area contributed by atoms with Crippen LogP contribution in [0.2, 0.25) is 0 Å². The Kier molecular flexibility index (Phi) is 5.37. The zero-order valence-electron chi connectivity index (χ0n) is 18.6. The molecule has 0 radical (unpaired) electrons. The molecular formula is C24H26N6O3. The van der Waals surface area contributed by atoms with Gasteiger partial charge in [-0.25, -0.2) is 9.78 Å². The van der Waals surface area contributed by atoms with Crippen molar-refractivity contribution in [1.29, 1.82) is 0 Å². The number of aromatic amines is 2. The Labute approximate surface area is 190 Å². The van der Waals surface area contributed by atoms with E-state index < -0.39 is 11.2 Å². The van der Waals surface area contributed by atoms with E-state index in [2.05, 4.69) is 15.3 Å². The monoisotopic (exact) mass is 446 g/mol. The molecule has 1 aliphatic rings. The fourth-order valence-corrected chi connectivity index (χ4v) is 4.38. The number of imidazole rings is 1. The SMILES string of the molecule is CCOc1ccc2nc(CC3Nc4c(c(=O)[nH]c(=O)n4CC)N3Cc3ccccc3)[nH]c2c1. The molecular weight excluding hydrogens is 420 g/mol. The maximum Gasteiger partial charge on any atom is 0.330 e. The summed E-state index contributed by atoms with van der Waals surface area (Å²) in [6.45, 7) is 5.39. The van der Waals surface area contributed by atoms with Gasteiger partial charge in [-0.15, -0.1) is 0 Å². The van der Waals surface area contributed by atoms with E-state index in [1.165, 1.54) is 0 Å². The lowest BCUT2D eigenvalue weighted by molar-refractivity contribution is 0.340. The molecule has 3 heterocycles. The highest BCUT2D eigenvalue weighted by Crippen LogP contribution is 2.33. The zero-order valence-corrected chi connectivity index (χ0v) is 18.6. The number of benzene rings is 2. The van der Waals surface area contributed by atoms with Gasteiger partial charge in [0, 0.05) is 25.6 Å². The van der Waals surface area contributed by atoms with Gasteiger partial charge in [-0.05, 0) is 31.5 Å². The third-order valence-electron chi connectivity index (χ3n) is 5.85. The van der Waals surface area contributed by atoms with Crippen molar-refractivity contribution in [3.05, 3.63) is 80.8 Å². The van der Waals surface area contributed by atoms with Crippen molar-refractivity contribution in [2.75, 3.05) is 16.8 Å². The van der Waals surface area contributed by atoms with E-state index in [0.717, 1.165) is 28.2 Å². The first kappa shape index (κ1) is 20.9. The summed E-state index contributed by atoms with van der Waals surface area (Å²) in [4.78, 5) is 37.8. The molecule has 2 aromatic carbocycles. The summed E-state index contributed by atoms with van der Waals surface area (Å²) in [5.74, 6) is 2.11. The second kappa shape index (κ2) is 8.50. The minimum Gasteiger partial charge on any atom is -0.494 e. The molecule has 2 aromatic heterocycles. The van der Waals surface area contributed by atoms with Gasteiger partial charge in [-0.2, -0.15) is 0 Å². The Morgan fingerprint density at radius 1 is 1.06 bits per heavy atom. The number of nitrogens with one attached hydrogen (secondary N) is 3. The summed E-state index contributed by atoms with van der Waals surface area (Å²) < 4.78 is 7.15. The molecule has 0 saturated heterocycles. The summed E-state index contributed by atoms with van der Waals surface area (Å²) in [6, 6.07) is 15.7. The Morgan fingerprint density at radius 3 is 2.64 bits per heavy atom. The number of rotatable bonds is 7. The quantitative estimate of drug-likeness (QED) is 0.403. The van der Waals surface area contributed by atoms with Crippen molar-refractivity contribution >= 4 is 22.5 Å². The lowest BCUT2D eigenvalue weighted by Gasteiger charge is -2.25. The van der Waals surface area contributed by atoms with Crippen LogP contribution in [0.25, 0.3) is 11.0 Å². The molecule has 9 heteroatoms. The summed E-state index contributed by atoms with van der Waals surface area (Å²) in [7, 11) is 0. The molecule has 1 aliphatic heterocycles. The van der Waals surface area contributed by atoms with Crippen molar-refractivity contribution in [2.24, 2.45) is 0 Å². The second-order valence-electron chi connectivity index (χ2n) is 7.97. The van der Waals surface area contributed by atoms with Gasteiger partial charge < -0.3 is 19.9 Å². The van der Waals surface area contributed by atoms with E-state index in [1.807, 2.05) is 67.3 Å². The molecule has 0 spiro atoms. The molecule has 0 saturated carbocycles. The first-order valence-corrected chi connectivity index (χ1v) is 11.1.